The van der Waals surface area contributed by atoms with E-state index in [0.717, 1.165) is 11.1 Å². The third kappa shape index (κ3) is 13.4. The van der Waals surface area contributed by atoms with Gasteiger partial charge in [-0.3, -0.25) is 38.4 Å². The van der Waals surface area contributed by atoms with Gasteiger partial charge in [0.15, 0.2) is 0 Å². The molecule has 6 N–H and O–H groups in total. The van der Waals surface area contributed by atoms with Gasteiger partial charge in [-0.15, -0.1) is 0 Å². The highest BCUT2D eigenvalue weighted by Gasteiger charge is 2.45. The minimum Gasteiger partial charge on any atom is -0.343 e. The molecule has 3 aromatic carbocycles. The topological polar surface area (TPSA) is 229 Å². The first-order chi connectivity index (χ1) is 39.9. The van der Waals surface area contributed by atoms with Gasteiger partial charge in [-0.25, -0.2) is 8.78 Å². The summed E-state index contributed by atoms with van der Waals surface area (Å²) in [5.74, 6) is -2.43. The number of benzene rings is 3. The van der Waals surface area contributed by atoms with Crippen molar-refractivity contribution in [2.45, 2.75) is 128 Å². The first-order valence-corrected chi connectivity index (χ1v) is 29.2. The number of fused-ring (bicyclic) bond motifs is 2. The molecule has 4 aliphatic heterocycles. The maximum absolute atomic E-state index is 14.7. The SMILES string of the molecule is CN[C@@H](C)C(=O)N[C@@H](CC1CCN(C(=O)c2ccc(C(=O)N3CCC(C[C@H](NC(=O)[C@H](C)NC)C(=O)N4CC(C)(C)c5[nH]c(=O)c(Cc6ccc(F)cc6)cc54)CC3)cc2)CC1)C(=O)N1CC(C)(C)c2[nH]c(=O)c(Cc3ccc(F)cc3)cc21. The van der Waals surface area contributed by atoms with Crippen molar-refractivity contribution >= 4 is 46.8 Å². The average Bonchev–Trinajstić information content (AvgIpc) is 4.16. The second kappa shape index (κ2) is 25.2. The molecule has 4 atom stereocenters. The molecule has 2 fully saturated rings. The molecule has 6 amide bonds. The zero-order chi connectivity index (χ0) is 60.4. The van der Waals surface area contributed by atoms with E-state index >= 15 is 0 Å². The van der Waals surface area contributed by atoms with E-state index in [0.29, 0.717) is 110 Å². The van der Waals surface area contributed by atoms with E-state index in [1.165, 1.54) is 24.3 Å². The van der Waals surface area contributed by atoms with Crippen LogP contribution in [0.3, 0.4) is 0 Å². The van der Waals surface area contributed by atoms with Crippen molar-refractivity contribution in [2.24, 2.45) is 11.8 Å². The molecule has 0 bridgehead atoms. The fourth-order valence-corrected chi connectivity index (χ4v) is 12.2. The molecule has 0 saturated carbocycles. The Balaban J connectivity index is 0.807. The largest absolute Gasteiger partial charge is 0.343 e. The van der Waals surface area contributed by atoms with Gasteiger partial charge in [0.25, 0.3) is 22.9 Å². The summed E-state index contributed by atoms with van der Waals surface area (Å²) in [7, 11) is 3.34. The number of pyridine rings is 2. The number of hydrogen-bond donors (Lipinski definition) is 6. The number of H-pyrrole nitrogens is 2. The van der Waals surface area contributed by atoms with E-state index in [9.17, 15) is 47.1 Å². The van der Waals surface area contributed by atoms with Crippen LogP contribution in [0.4, 0.5) is 20.2 Å². The molecule has 18 nitrogen and oxygen atoms in total. The number of anilines is 2. The van der Waals surface area contributed by atoms with Gasteiger partial charge < -0.3 is 50.8 Å². The third-order valence-corrected chi connectivity index (χ3v) is 17.6. The summed E-state index contributed by atoms with van der Waals surface area (Å²) in [5, 5.41) is 11.9. The summed E-state index contributed by atoms with van der Waals surface area (Å²) in [6, 6.07) is 19.0. The van der Waals surface area contributed by atoms with Crippen LogP contribution in [0.5, 0.6) is 0 Å². The normalized spacial score (nSPS) is 18.1. The standard InChI is InChI=1S/C64H78F2N10O8/c1-37(67-7)55(77)69-49(61(83)75-35-63(3,4)53-51(75)33-45(57(79)71-53)29-39-9-17-47(65)18-10-39)31-41-21-25-73(26-22-41)59(81)43-13-15-44(16-14-43)60(82)74-27-23-42(24-28-74)32-50(70-56(78)38(2)68-8)62(84)76-36-64(5,6)54-52(76)34-46(58(80)72-54)30-40-11-19-48(66)20-12-40/h9-20,33-34,37-38,41-42,49-50,67-68H,21-32,35-36H2,1-8H3,(H,69,77)(H,70,78)(H,71,79)(H,72,80)/t37-,38-,49-,50-/m0/s1. The predicted octanol–water partition coefficient (Wildman–Crippen LogP) is 5.84. The molecule has 2 aromatic heterocycles. The van der Waals surface area contributed by atoms with E-state index < -0.39 is 35.0 Å². The summed E-state index contributed by atoms with van der Waals surface area (Å²) < 4.78 is 27.4. The van der Waals surface area contributed by atoms with Crippen molar-refractivity contribution in [2.75, 3.05) is 63.2 Å². The monoisotopic (exact) mass is 1150 g/mol. The Labute approximate surface area is 488 Å². The van der Waals surface area contributed by atoms with Crippen LogP contribution in [0, 0.1) is 23.5 Å². The molecule has 446 valence electrons. The number of rotatable bonds is 18. The van der Waals surface area contributed by atoms with Crippen LogP contribution >= 0.6 is 0 Å². The van der Waals surface area contributed by atoms with Crippen LogP contribution in [0.2, 0.25) is 0 Å². The number of piperidine rings is 2. The lowest BCUT2D eigenvalue weighted by molar-refractivity contribution is -0.129. The second-order valence-corrected chi connectivity index (χ2v) is 24.7. The lowest BCUT2D eigenvalue weighted by Crippen LogP contribution is -2.54. The molecule has 6 heterocycles. The molecule has 0 aliphatic carbocycles. The van der Waals surface area contributed by atoms with Crippen LogP contribution in [-0.4, -0.2) is 133 Å². The highest BCUT2D eigenvalue weighted by molar-refractivity contribution is 6.03. The van der Waals surface area contributed by atoms with Gasteiger partial charge in [0.05, 0.1) is 23.5 Å². The molecule has 5 aromatic rings. The Kier molecular flexibility index (Phi) is 18.2. The van der Waals surface area contributed by atoms with Crippen molar-refractivity contribution in [3.05, 3.63) is 162 Å². The molecule has 0 unspecified atom stereocenters. The van der Waals surface area contributed by atoms with E-state index in [4.69, 9.17) is 0 Å². The summed E-state index contributed by atoms with van der Waals surface area (Å²) >= 11 is 0. The number of aromatic nitrogens is 2. The highest BCUT2D eigenvalue weighted by atomic mass is 19.1. The molecular weight excluding hydrogens is 1070 g/mol. The minimum atomic E-state index is -0.899. The Morgan fingerprint density at radius 3 is 1.20 bits per heavy atom. The van der Waals surface area contributed by atoms with Crippen LogP contribution in [0.25, 0.3) is 0 Å². The number of carbonyl (C=O) groups is 6. The van der Waals surface area contributed by atoms with Crippen molar-refractivity contribution in [1.29, 1.82) is 0 Å². The van der Waals surface area contributed by atoms with Gasteiger partial charge >= 0.3 is 0 Å². The van der Waals surface area contributed by atoms with Crippen LogP contribution in [-0.2, 0) is 42.8 Å². The average molecular weight is 1150 g/mol. The van der Waals surface area contributed by atoms with E-state index in [1.807, 2.05) is 27.7 Å². The number of nitrogens with one attached hydrogen (secondary N) is 6. The maximum Gasteiger partial charge on any atom is 0.253 e. The first kappa shape index (κ1) is 60.7. The maximum atomic E-state index is 14.7. The summed E-state index contributed by atoms with van der Waals surface area (Å²) in [6.45, 7) is 13.5. The molecular formula is C64H78F2N10O8. The summed E-state index contributed by atoms with van der Waals surface area (Å²) in [5.41, 5.74) is 3.77. The van der Waals surface area contributed by atoms with Gasteiger partial charge in [-0.05, 0) is 150 Å². The molecule has 0 radical (unpaired) electrons. The smallest absolute Gasteiger partial charge is 0.253 e. The highest BCUT2D eigenvalue weighted by Crippen LogP contribution is 2.41. The molecule has 4 aliphatic rings. The third-order valence-electron chi connectivity index (χ3n) is 17.6. The van der Waals surface area contributed by atoms with Gasteiger partial charge in [-0.2, -0.15) is 0 Å². The van der Waals surface area contributed by atoms with Gasteiger partial charge in [0, 0.05) is 96.6 Å². The van der Waals surface area contributed by atoms with Crippen LogP contribution < -0.4 is 42.2 Å². The van der Waals surface area contributed by atoms with Gasteiger partial charge in [0.1, 0.15) is 23.7 Å². The first-order valence-electron chi connectivity index (χ1n) is 29.2. The Bertz CT molecular complexity index is 3180. The lowest BCUT2D eigenvalue weighted by Gasteiger charge is -2.35. The molecule has 2 saturated heterocycles. The van der Waals surface area contributed by atoms with Crippen molar-refractivity contribution < 1.29 is 37.5 Å². The number of nitrogens with zero attached hydrogens (tertiary/aromatic N) is 4. The van der Waals surface area contributed by atoms with Crippen LogP contribution in [0.1, 0.15) is 134 Å². The number of halogens is 2. The predicted molar refractivity (Wildman–Crippen MR) is 317 cm³/mol. The van der Waals surface area contributed by atoms with Gasteiger partial charge in [0.2, 0.25) is 23.6 Å². The fraction of sp³-hybridized carbons (Fsp3) is 0.469. The fourth-order valence-electron chi connectivity index (χ4n) is 12.2. The number of amides is 6. The summed E-state index contributed by atoms with van der Waals surface area (Å²) in [6.07, 6.45) is 3.46. The number of likely N-dealkylation sites (N-methyl/N-ethyl adjacent to an activating group) is 2. The van der Waals surface area contributed by atoms with E-state index in [1.54, 1.807) is 108 Å². The second-order valence-electron chi connectivity index (χ2n) is 24.7. The molecule has 9 rings (SSSR count). The number of likely N-dealkylation sites (tertiary alicyclic amines) is 2. The van der Waals surface area contributed by atoms with Crippen molar-refractivity contribution in [1.82, 2.24) is 41.0 Å². The number of aromatic amines is 2. The Hall–Kier alpha value is -7.84. The lowest BCUT2D eigenvalue weighted by atomic mass is 9.89. The quantitative estimate of drug-likeness (QED) is 0.0614. The van der Waals surface area contributed by atoms with E-state index in [-0.39, 0.29) is 96.0 Å². The Morgan fingerprint density at radius 2 is 0.881 bits per heavy atom. The summed E-state index contributed by atoms with van der Waals surface area (Å²) in [4.78, 5) is 124. The van der Waals surface area contributed by atoms with Crippen LogP contribution in [0.15, 0.2) is 94.5 Å². The molecule has 20 heteroatoms. The Morgan fingerprint density at radius 1 is 0.548 bits per heavy atom. The molecule has 0 spiro atoms. The number of hydrogen-bond acceptors (Lipinski definition) is 10. The molecule has 84 heavy (non-hydrogen) atoms. The van der Waals surface area contributed by atoms with E-state index in [2.05, 4.69) is 31.2 Å². The number of carbonyl (C=O) groups excluding carboxylic acids is 6. The van der Waals surface area contributed by atoms with Gasteiger partial charge in [-0.1, -0.05) is 52.0 Å². The van der Waals surface area contributed by atoms with Crippen molar-refractivity contribution in [3.63, 3.8) is 0 Å². The zero-order valence-corrected chi connectivity index (χ0v) is 49.3. The zero-order valence-electron chi connectivity index (χ0n) is 49.3. The minimum absolute atomic E-state index is 0.0123. The van der Waals surface area contributed by atoms with Crippen molar-refractivity contribution in [3.8, 4) is 0 Å².